The molecule has 0 unspecified atom stereocenters. The maximum Gasteiger partial charge on any atom is 0.274 e. The molecule has 1 saturated heterocycles. The van der Waals surface area contributed by atoms with Crippen LogP contribution in [0.25, 0.3) is 11.0 Å². The molecule has 26 heavy (non-hydrogen) atoms. The quantitative estimate of drug-likeness (QED) is 0.704. The number of carbonyl (C=O) groups is 1. The predicted octanol–water partition coefficient (Wildman–Crippen LogP) is 1.74. The summed E-state index contributed by atoms with van der Waals surface area (Å²) in [6.45, 7) is 1.30. The third kappa shape index (κ3) is 3.08. The van der Waals surface area contributed by atoms with E-state index in [0.717, 1.165) is 29.6 Å². The van der Waals surface area contributed by atoms with Gasteiger partial charge in [0.15, 0.2) is 5.65 Å². The Morgan fingerprint density at radius 1 is 1.12 bits per heavy atom. The van der Waals surface area contributed by atoms with Crippen molar-refractivity contribution in [3.05, 3.63) is 64.3 Å². The topological polar surface area (TPSA) is 81.0 Å². The zero-order valence-electron chi connectivity index (χ0n) is 14.5. The van der Waals surface area contributed by atoms with Crippen LogP contribution in [0.15, 0.2) is 47.4 Å². The van der Waals surface area contributed by atoms with Gasteiger partial charge in [-0.2, -0.15) is 5.10 Å². The highest BCUT2D eigenvalue weighted by molar-refractivity contribution is 5.92. The van der Waals surface area contributed by atoms with E-state index in [-0.39, 0.29) is 11.5 Å². The van der Waals surface area contributed by atoms with Crippen LogP contribution in [0.5, 0.6) is 0 Å². The summed E-state index contributed by atoms with van der Waals surface area (Å²) in [4.78, 5) is 34.8. The van der Waals surface area contributed by atoms with E-state index in [9.17, 15) is 9.59 Å². The first-order valence-electron chi connectivity index (χ1n) is 8.67. The van der Waals surface area contributed by atoms with Crippen LogP contribution in [0.2, 0.25) is 0 Å². The molecule has 4 heterocycles. The highest BCUT2D eigenvalue weighted by Gasteiger charge is 2.26. The number of piperidine rings is 1. The fourth-order valence-electron chi connectivity index (χ4n) is 3.35. The van der Waals surface area contributed by atoms with Gasteiger partial charge >= 0.3 is 0 Å². The lowest BCUT2D eigenvalue weighted by atomic mass is 9.92. The Morgan fingerprint density at radius 2 is 1.92 bits per heavy atom. The van der Waals surface area contributed by atoms with Crippen molar-refractivity contribution >= 4 is 16.9 Å². The van der Waals surface area contributed by atoms with Crippen molar-refractivity contribution < 1.29 is 4.79 Å². The van der Waals surface area contributed by atoms with Crippen molar-refractivity contribution in [2.45, 2.75) is 18.8 Å². The van der Waals surface area contributed by atoms with Crippen LogP contribution in [-0.4, -0.2) is 43.6 Å². The van der Waals surface area contributed by atoms with Crippen molar-refractivity contribution in [2.24, 2.45) is 7.05 Å². The SMILES string of the molecule is Cn1nc(C(=O)N2CCC(c3ccc4cccnc4n3)CC2)ccc1=O. The molecule has 1 aliphatic rings. The third-order valence-electron chi connectivity index (χ3n) is 4.87. The Morgan fingerprint density at radius 3 is 2.69 bits per heavy atom. The van der Waals surface area contributed by atoms with Crippen molar-refractivity contribution in [2.75, 3.05) is 13.1 Å². The average molecular weight is 349 g/mol. The first-order valence-corrected chi connectivity index (χ1v) is 8.67. The largest absolute Gasteiger partial charge is 0.337 e. The molecule has 132 valence electrons. The van der Waals surface area contributed by atoms with Gasteiger partial charge in [-0.1, -0.05) is 0 Å². The Labute approximate surface area is 150 Å². The van der Waals surface area contributed by atoms with E-state index < -0.39 is 0 Å². The molecule has 0 spiro atoms. The van der Waals surface area contributed by atoms with Crippen LogP contribution in [0.4, 0.5) is 0 Å². The molecule has 0 N–H and O–H groups in total. The summed E-state index contributed by atoms with van der Waals surface area (Å²) in [5.74, 6) is 0.186. The van der Waals surface area contributed by atoms with Gasteiger partial charge in [0.25, 0.3) is 11.5 Å². The number of hydrogen-bond donors (Lipinski definition) is 0. The second-order valence-electron chi connectivity index (χ2n) is 6.53. The molecule has 7 heteroatoms. The summed E-state index contributed by atoms with van der Waals surface area (Å²) in [6, 6.07) is 10.9. The molecule has 7 nitrogen and oxygen atoms in total. The number of nitrogens with zero attached hydrogens (tertiary/aromatic N) is 5. The Hall–Kier alpha value is -3.09. The van der Waals surface area contributed by atoms with E-state index in [0.29, 0.717) is 24.7 Å². The van der Waals surface area contributed by atoms with Gasteiger partial charge in [0.1, 0.15) is 5.69 Å². The Bertz CT molecular complexity index is 1020. The van der Waals surface area contributed by atoms with Gasteiger partial charge in [-0.15, -0.1) is 0 Å². The summed E-state index contributed by atoms with van der Waals surface area (Å²) >= 11 is 0. The highest BCUT2D eigenvalue weighted by atomic mass is 16.2. The van der Waals surface area contributed by atoms with Gasteiger partial charge in [-0.3, -0.25) is 9.59 Å². The summed E-state index contributed by atoms with van der Waals surface area (Å²) < 4.78 is 1.19. The summed E-state index contributed by atoms with van der Waals surface area (Å²) in [6.07, 6.45) is 3.45. The van der Waals surface area contributed by atoms with Crippen molar-refractivity contribution in [1.29, 1.82) is 0 Å². The van der Waals surface area contributed by atoms with Crippen LogP contribution in [0, 0.1) is 0 Å². The van der Waals surface area contributed by atoms with Gasteiger partial charge < -0.3 is 4.90 Å². The Kier molecular flexibility index (Phi) is 4.20. The van der Waals surface area contributed by atoms with Gasteiger partial charge in [0.05, 0.1) is 0 Å². The molecule has 1 aliphatic heterocycles. The smallest absolute Gasteiger partial charge is 0.274 e. The molecule has 0 atom stereocenters. The number of fused-ring (bicyclic) bond motifs is 1. The molecule has 0 radical (unpaired) electrons. The van der Waals surface area contributed by atoms with Crippen LogP contribution in [-0.2, 0) is 7.05 Å². The minimum absolute atomic E-state index is 0.132. The number of rotatable bonds is 2. The van der Waals surface area contributed by atoms with Gasteiger partial charge in [0.2, 0.25) is 0 Å². The standard InChI is InChI=1S/C19H19N5O2/c1-23-17(25)7-6-16(22-23)19(26)24-11-8-13(9-12-24)15-5-4-14-3-2-10-20-18(14)21-15/h2-7,10,13H,8-9,11-12H2,1H3. The number of amides is 1. The van der Waals surface area contributed by atoms with Crippen LogP contribution >= 0.6 is 0 Å². The lowest BCUT2D eigenvalue weighted by molar-refractivity contribution is 0.0703. The maximum absolute atomic E-state index is 12.6. The first-order chi connectivity index (χ1) is 12.6. The Balaban J connectivity index is 1.46. The number of carbonyl (C=O) groups excluding carboxylic acids is 1. The average Bonchev–Trinajstić information content (AvgIpc) is 2.69. The number of likely N-dealkylation sites (tertiary alicyclic amines) is 1. The zero-order chi connectivity index (χ0) is 18.1. The molecule has 1 fully saturated rings. The highest BCUT2D eigenvalue weighted by Crippen LogP contribution is 2.28. The summed E-state index contributed by atoms with van der Waals surface area (Å²) in [5.41, 5.74) is 1.87. The molecule has 4 rings (SSSR count). The van der Waals surface area contributed by atoms with Crippen molar-refractivity contribution in [3.63, 3.8) is 0 Å². The monoisotopic (exact) mass is 349 g/mol. The second-order valence-corrected chi connectivity index (χ2v) is 6.53. The third-order valence-corrected chi connectivity index (χ3v) is 4.87. The number of pyridine rings is 2. The van der Waals surface area contributed by atoms with Gasteiger partial charge in [0, 0.05) is 49.4 Å². The van der Waals surface area contributed by atoms with E-state index in [4.69, 9.17) is 0 Å². The van der Waals surface area contributed by atoms with Gasteiger partial charge in [-0.05, 0) is 43.2 Å². The van der Waals surface area contributed by atoms with E-state index in [1.807, 2.05) is 12.1 Å². The number of aryl methyl sites for hydroxylation is 1. The second kappa shape index (κ2) is 6.67. The predicted molar refractivity (Wildman–Crippen MR) is 96.9 cm³/mol. The molecule has 0 aromatic carbocycles. The van der Waals surface area contributed by atoms with E-state index >= 15 is 0 Å². The van der Waals surface area contributed by atoms with Crippen LogP contribution in [0.1, 0.15) is 34.9 Å². The van der Waals surface area contributed by atoms with E-state index in [1.165, 1.54) is 16.8 Å². The fourth-order valence-corrected chi connectivity index (χ4v) is 3.35. The van der Waals surface area contributed by atoms with Gasteiger partial charge in [-0.25, -0.2) is 14.6 Å². The lowest BCUT2D eigenvalue weighted by Crippen LogP contribution is -2.39. The number of hydrogen-bond acceptors (Lipinski definition) is 5. The summed E-state index contributed by atoms with van der Waals surface area (Å²) in [5, 5.41) is 5.08. The molecule has 3 aromatic heterocycles. The molecule has 0 bridgehead atoms. The van der Waals surface area contributed by atoms with Crippen LogP contribution < -0.4 is 5.56 Å². The van der Waals surface area contributed by atoms with E-state index in [1.54, 1.807) is 18.1 Å². The minimum atomic E-state index is -0.226. The van der Waals surface area contributed by atoms with Crippen molar-refractivity contribution in [3.8, 4) is 0 Å². The normalized spacial score (nSPS) is 15.3. The minimum Gasteiger partial charge on any atom is -0.337 e. The summed E-state index contributed by atoms with van der Waals surface area (Å²) in [7, 11) is 1.55. The van der Waals surface area contributed by atoms with E-state index in [2.05, 4.69) is 27.2 Å². The van der Waals surface area contributed by atoms with Crippen LogP contribution in [0.3, 0.4) is 0 Å². The molecule has 0 aliphatic carbocycles. The number of aromatic nitrogens is 4. The molecular weight excluding hydrogens is 330 g/mol. The zero-order valence-corrected chi connectivity index (χ0v) is 14.5. The fraction of sp³-hybridized carbons (Fsp3) is 0.316. The van der Waals surface area contributed by atoms with Crippen molar-refractivity contribution in [1.82, 2.24) is 24.6 Å². The molecule has 3 aromatic rings. The molecule has 1 amide bonds. The molecule has 0 saturated carbocycles. The first kappa shape index (κ1) is 16.4. The lowest BCUT2D eigenvalue weighted by Gasteiger charge is -2.31. The maximum atomic E-state index is 12.6. The molecular formula is C19H19N5O2.